The number of aliphatic imine (C=N–C) groups is 2. The van der Waals surface area contributed by atoms with Crippen molar-refractivity contribution >= 4 is 18.0 Å². The second-order valence-electron chi connectivity index (χ2n) is 6.09. The maximum Gasteiger partial charge on any atom is 0.409 e. The Bertz CT molecular complexity index is 590. The summed E-state index contributed by atoms with van der Waals surface area (Å²) >= 11 is 0. The lowest BCUT2D eigenvalue weighted by Gasteiger charge is -2.48. The van der Waals surface area contributed by atoms with Crippen molar-refractivity contribution in [1.82, 2.24) is 15.1 Å². The number of nitrogens with two attached hydrogens (primary N) is 2. The van der Waals surface area contributed by atoms with E-state index in [-0.39, 0.29) is 24.9 Å². The molecule has 7 N–H and O–H groups in total. The number of carbonyl (C=O) groups is 1. The number of rotatable bonds is 2. The molecule has 1 amide bonds. The Labute approximate surface area is 132 Å². The number of aliphatic hydroxyl groups is 2. The highest BCUT2D eigenvalue weighted by Crippen LogP contribution is 2.44. The van der Waals surface area contributed by atoms with Crippen LogP contribution in [0, 0.1) is 0 Å². The highest BCUT2D eigenvalue weighted by Gasteiger charge is 2.69. The van der Waals surface area contributed by atoms with E-state index in [1.807, 2.05) is 0 Å². The molecule has 3 atom stereocenters. The molecule has 0 aliphatic carbocycles. The monoisotopic (exact) mass is 327 g/mol. The fourth-order valence-corrected chi connectivity index (χ4v) is 3.34. The zero-order chi connectivity index (χ0) is 17.0. The maximum atomic E-state index is 11.6. The van der Waals surface area contributed by atoms with Crippen LogP contribution in [0.5, 0.6) is 0 Å². The molecule has 0 bridgehead atoms. The minimum Gasteiger partial charge on any atom is -0.447 e. The molecule has 3 aliphatic heterocycles. The van der Waals surface area contributed by atoms with Crippen molar-refractivity contribution in [2.45, 2.75) is 30.0 Å². The summed E-state index contributed by atoms with van der Waals surface area (Å²) in [5, 5.41) is 23.8. The van der Waals surface area contributed by atoms with E-state index in [0.29, 0.717) is 6.54 Å². The van der Waals surface area contributed by atoms with Gasteiger partial charge in [-0.2, -0.15) is 0 Å². The summed E-state index contributed by atoms with van der Waals surface area (Å²) in [6.45, 7) is 0.186. The molecule has 128 valence electrons. The molecule has 1 fully saturated rings. The predicted molar refractivity (Wildman–Crippen MR) is 80.2 cm³/mol. The molecule has 0 aromatic rings. The molecule has 3 aliphatic rings. The summed E-state index contributed by atoms with van der Waals surface area (Å²) < 4.78 is 5.15. The normalized spacial score (nSPS) is 34.0. The summed E-state index contributed by atoms with van der Waals surface area (Å²) in [6, 6.07) is -1.43. The molecular formula is C12H21N7O4. The van der Waals surface area contributed by atoms with Gasteiger partial charge in [0.25, 0.3) is 0 Å². The van der Waals surface area contributed by atoms with E-state index in [0.717, 1.165) is 0 Å². The predicted octanol–water partition coefficient (Wildman–Crippen LogP) is -3.25. The third kappa shape index (κ3) is 2.07. The Morgan fingerprint density at radius 2 is 2.17 bits per heavy atom. The average molecular weight is 327 g/mol. The second-order valence-corrected chi connectivity index (χ2v) is 6.09. The standard InChI is InChI=1S/C12H21N7O4/c1-18(2)10(20)23-5-6-7-12(17-8(13)16-7)11(21,22)3-4-19(12)9(14)15-6/h6-7,21-22H,3-5H2,1-2H3,(H2,14,15)(H3,13,16,17). The van der Waals surface area contributed by atoms with Crippen LogP contribution < -0.4 is 16.8 Å². The number of ether oxygens (including phenoxy) is 1. The number of hydrogen-bond donors (Lipinski definition) is 5. The van der Waals surface area contributed by atoms with E-state index in [1.54, 1.807) is 19.0 Å². The summed E-state index contributed by atoms with van der Waals surface area (Å²) in [6.07, 6.45) is -0.483. The van der Waals surface area contributed by atoms with E-state index in [4.69, 9.17) is 16.2 Å². The molecule has 3 rings (SSSR count). The van der Waals surface area contributed by atoms with Crippen LogP contribution in [0.3, 0.4) is 0 Å². The zero-order valence-corrected chi connectivity index (χ0v) is 12.9. The molecule has 1 saturated heterocycles. The van der Waals surface area contributed by atoms with Gasteiger partial charge in [-0.1, -0.05) is 0 Å². The topological polar surface area (TPSA) is 162 Å². The Hall–Kier alpha value is -2.27. The lowest BCUT2D eigenvalue weighted by Crippen LogP contribution is -2.76. The van der Waals surface area contributed by atoms with Crippen molar-refractivity contribution < 1.29 is 19.7 Å². The van der Waals surface area contributed by atoms with Crippen LogP contribution in [-0.2, 0) is 4.74 Å². The van der Waals surface area contributed by atoms with Gasteiger partial charge >= 0.3 is 6.09 Å². The Morgan fingerprint density at radius 3 is 2.83 bits per heavy atom. The number of amides is 1. The molecule has 0 saturated carbocycles. The van der Waals surface area contributed by atoms with Crippen LogP contribution in [0.2, 0.25) is 0 Å². The smallest absolute Gasteiger partial charge is 0.409 e. The Balaban J connectivity index is 1.92. The van der Waals surface area contributed by atoms with Crippen LogP contribution in [0.1, 0.15) is 6.42 Å². The zero-order valence-electron chi connectivity index (χ0n) is 12.9. The quantitative estimate of drug-likeness (QED) is 0.330. The fraction of sp³-hybridized carbons (Fsp3) is 0.750. The van der Waals surface area contributed by atoms with Crippen molar-refractivity contribution in [2.75, 3.05) is 27.2 Å². The molecule has 11 nitrogen and oxygen atoms in total. The van der Waals surface area contributed by atoms with E-state index < -0.39 is 29.6 Å². The molecule has 1 spiro atoms. The van der Waals surface area contributed by atoms with Gasteiger partial charge in [0.1, 0.15) is 18.7 Å². The Kier molecular flexibility index (Phi) is 3.30. The highest BCUT2D eigenvalue weighted by atomic mass is 16.6. The summed E-state index contributed by atoms with van der Waals surface area (Å²) in [4.78, 5) is 23.0. The van der Waals surface area contributed by atoms with Gasteiger partial charge in [0.15, 0.2) is 17.6 Å². The average Bonchev–Trinajstić information content (AvgIpc) is 2.94. The van der Waals surface area contributed by atoms with Crippen LogP contribution in [0.4, 0.5) is 4.79 Å². The van der Waals surface area contributed by atoms with Crippen LogP contribution in [0.25, 0.3) is 0 Å². The van der Waals surface area contributed by atoms with Gasteiger partial charge in [-0.25, -0.2) is 14.8 Å². The molecular weight excluding hydrogens is 306 g/mol. The number of carbonyl (C=O) groups excluding carboxylic acids is 1. The number of guanidine groups is 2. The van der Waals surface area contributed by atoms with E-state index >= 15 is 0 Å². The van der Waals surface area contributed by atoms with Gasteiger partial charge in [-0.15, -0.1) is 0 Å². The first kappa shape index (κ1) is 15.6. The SMILES string of the molecule is CN(C)C(=O)OCC1N=C(N)N2CCC(O)(O)C23NC(N)=NC13. The minimum absolute atomic E-state index is 0.0553. The van der Waals surface area contributed by atoms with E-state index in [2.05, 4.69) is 15.3 Å². The van der Waals surface area contributed by atoms with Gasteiger partial charge < -0.3 is 41.5 Å². The molecule has 23 heavy (non-hydrogen) atoms. The van der Waals surface area contributed by atoms with Gasteiger partial charge in [-0.05, 0) is 0 Å². The van der Waals surface area contributed by atoms with Crippen LogP contribution in [0.15, 0.2) is 9.98 Å². The first-order chi connectivity index (χ1) is 10.7. The van der Waals surface area contributed by atoms with Crippen molar-refractivity contribution in [3.63, 3.8) is 0 Å². The molecule has 3 heterocycles. The molecule has 0 aromatic carbocycles. The van der Waals surface area contributed by atoms with Gasteiger partial charge in [0.2, 0.25) is 5.79 Å². The molecule has 3 unspecified atom stereocenters. The molecule has 0 aromatic heterocycles. The Morgan fingerprint density at radius 1 is 1.48 bits per heavy atom. The van der Waals surface area contributed by atoms with Crippen molar-refractivity contribution in [3.05, 3.63) is 0 Å². The summed E-state index contributed by atoms with van der Waals surface area (Å²) in [7, 11) is 3.11. The summed E-state index contributed by atoms with van der Waals surface area (Å²) in [5.41, 5.74) is 10.3. The van der Waals surface area contributed by atoms with Gasteiger partial charge in [0.05, 0.1) is 0 Å². The third-order valence-corrected chi connectivity index (χ3v) is 4.43. The van der Waals surface area contributed by atoms with Gasteiger partial charge in [-0.3, -0.25) is 0 Å². The lowest BCUT2D eigenvalue weighted by atomic mass is 9.87. The third-order valence-electron chi connectivity index (χ3n) is 4.43. The minimum atomic E-state index is -2.10. The largest absolute Gasteiger partial charge is 0.447 e. The van der Waals surface area contributed by atoms with E-state index in [1.165, 1.54) is 4.90 Å². The molecule has 11 heteroatoms. The first-order valence-electron chi connectivity index (χ1n) is 7.20. The second kappa shape index (κ2) is 4.86. The lowest BCUT2D eigenvalue weighted by molar-refractivity contribution is -0.221. The highest BCUT2D eigenvalue weighted by molar-refractivity contribution is 5.87. The van der Waals surface area contributed by atoms with Crippen LogP contribution >= 0.6 is 0 Å². The number of hydrogen-bond acceptors (Lipinski definition) is 10. The first-order valence-corrected chi connectivity index (χ1v) is 7.20. The fourth-order valence-electron chi connectivity index (χ4n) is 3.34. The van der Waals surface area contributed by atoms with Crippen molar-refractivity contribution in [2.24, 2.45) is 21.5 Å². The number of nitrogens with zero attached hydrogens (tertiary/aromatic N) is 4. The van der Waals surface area contributed by atoms with Gasteiger partial charge in [0, 0.05) is 27.1 Å². The van der Waals surface area contributed by atoms with E-state index in [9.17, 15) is 15.0 Å². The summed E-state index contributed by atoms with van der Waals surface area (Å²) in [5.74, 6) is -1.93. The molecule has 0 radical (unpaired) electrons. The number of nitrogens with one attached hydrogen (secondary N) is 1. The van der Waals surface area contributed by atoms with Crippen molar-refractivity contribution in [3.8, 4) is 0 Å². The van der Waals surface area contributed by atoms with Crippen molar-refractivity contribution in [1.29, 1.82) is 0 Å². The van der Waals surface area contributed by atoms with Crippen LogP contribution in [-0.4, -0.2) is 88.8 Å². The maximum absolute atomic E-state index is 11.6.